The van der Waals surface area contributed by atoms with Crippen LogP contribution in [-0.4, -0.2) is 54.8 Å². The third-order valence-corrected chi connectivity index (χ3v) is 5.37. The molecule has 0 unspecified atom stereocenters. The molecule has 0 aliphatic carbocycles. The number of benzene rings is 1. The smallest absolute Gasteiger partial charge is 0.312 e. The van der Waals surface area contributed by atoms with E-state index in [9.17, 15) is 18.4 Å². The molecule has 1 fully saturated rings. The van der Waals surface area contributed by atoms with Gasteiger partial charge in [-0.15, -0.1) is 12.4 Å². The minimum absolute atomic E-state index is 0. The molecule has 36 heavy (non-hydrogen) atoms. The highest BCUT2D eigenvalue weighted by atomic mass is 35.5. The fourth-order valence-corrected chi connectivity index (χ4v) is 3.56. The summed E-state index contributed by atoms with van der Waals surface area (Å²) in [6, 6.07) is 9.70. The van der Waals surface area contributed by atoms with Gasteiger partial charge in [0, 0.05) is 43.0 Å². The van der Waals surface area contributed by atoms with Gasteiger partial charge in [-0.3, -0.25) is 14.6 Å². The van der Waals surface area contributed by atoms with Gasteiger partial charge >= 0.3 is 5.97 Å². The van der Waals surface area contributed by atoms with Crippen molar-refractivity contribution in [2.24, 2.45) is 11.7 Å². The number of nitrogens with one attached hydrogen (secondary N) is 2. The maximum Gasteiger partial charge on any atom is 0.312 e. The van der Waals surface area contributed by atoms with E-state index in [-0.39, 0.29) is 29.4 Å². The molecular weight excluding hydrogens is 496 g/mol. The Morgan fingerprint density at radius 1 is 1.25 bits per heavy atom. The summed E-state index contributed by atoms with van der Waals surface area (Å²) in [5, 5.41) is 9.44. The van der Waals surface area contributed by atoms with Crippen molar-refractivity contribution in [3.05, 3.63) is 71.7 Å². The second-order valence-corrected chi connectivity index (χ2v) is 7.76. The molecule has 3 aromatic rings. The predicted octanol–water partition coefficient (Wildman–Crippen LogP) is 2.51. The van der Waals surface area contributed by atoms with Crippen LogP contribution in [0.2, 0.25) is 0 Å². The summed E-state index contributed by atoms with van der Waals surface area (Å²) in [5.74, 6) is -3.03. The lowest BCUT2D eigenvalue weighted by atomic mass is 9.93. The van der Waals surface area contributed by atoms with Gasteiger partial charge in [0.2, 0.25) is 0 Å². The molecule has 1 aliphatic rings. The topological polar surface area (TPSA) is 132 Å². The number of methoxy groups -OCH3 is 1. The zero-order chi connectivity index (χ0) is 25.2. The van der Waals surface area contributed by atoms with Crippen LogP contribution in [-0.2, 0) is 16.0 Å². The summed E-state index contributed by atoms with van der Waals surface area (Å²) >= 11 is 0. The van der Waals surface area contributed by atoms with Crippen LogP contribution in [0.5, 0.6) is 0 Å². The first kappa shape index (κ1) is 28.8. The summed E-state index contributed by atoms with van der Waals surface area (Å²) in [7, 11) is 1.29. The normalized spacial score (nSPS) is 16.7. The quantitative estimate of drug-likeness (QED) is 0.420. The van der Waals surface area contributed by atoms with Crippen molar-refractivity contribution in [3.63, 3.8) is 0 Å². The highest BCUT2D eigenvalue weighted by Crippen LogP contribution is 2.24. The number of ether oxygens (including phenoxy) is 1. The number of halogens is 3. The fourth-order valence-electron chi connectivity index (χ4n) is 3.56. The minimum Gasteiger partial charge on any atom is -0.469 e. The number of carbonyl (C=O) groups is 2. The lowest BCUT2D eigenvalue weighted by Crippen LogP contribution is -2.52. The summed E-state index contributed by atoms with van der Waals surface area (Å²) in [4.78, 5) is 28.3. The first-order chi connectivity index (χ1) is 16.9. The summed E-state index contributed by atoms with van der Waals surface area (Å²) in [6.07, 6.45) is 3.20. The SMILES string of the molecule is COC(=O)[C@@H]1CNCC[C@H]1NC(=O)c1cc(-c2ccc(F)cc2F)on1.Cl.NCCc1ccccn1. The van der Waals surface area contributed by atoms with Crippen LogP contribution in [0.25, 0.3) is 11.3 Å². The molecule has 2 aromatic heterocycles. The van der Waals surface area contributed by atoms with Crippen molar-refractivity contribution in [2.75, 3.05) is 26.7 Å². The van der Waals surface area contributed by atoms with E-state index in [0.29, 0.717) is 32.1 Å². The van der Waals surface area contributed by atoms with Crippen LogP contribution in [0.3, 0.4) is 0 Å². The standard InChI is InChI=1S/C17H17F2N3O4.C7H10N2.ClH/c1-25-17(24)11-8-20-5-4-13(11)21-16(23)14-7-15(26-22-14)10-3-2-9(18)6-12(10)19;8-5-4-7-3-1-2-6-9-7;/h2-3,6-7,11,13,20H,4-5,8H2,1H3,(H,21,23);1-3,6H,4-5,8H2;1H/t11-,13-;;/m1../s1. The Hall–Kier alpha value is -3.41. The van der Waals surface area contributed by atoms with Crippen LogP contribution in [0, 0.1) is 17.6 Å². The molecule has 0 spiro atoms. The van der Waals surface area contributed by atoms with Crippen LogP contribution >= 0.6 is 12.4 Å². The fraction of sp³-hybridized carbons (Fsp3) is 0.333. The van der Waals surface area contributed by atoms with Crippen LogP contribution in [0.4, 0.5) is 8.78 Å². The van der Waals surface area contributed by atoms with Gasteiger partial charge in [0.05, 0.1) is 18.6 Å². The van der Waals surface area contributed by atoms with Gasteiger partial charge in [-0.2, -0.15) is 0 Å². The number of esters is 1. The molecular formula is C24H28ClF2N5O4. The van der Waals surface area contributed by atoms with Gasteiger partial charge in [-0.1, -0.05) is 11.2 Å². The van der Waals surface area contributed by atoms with Crippen LogP contribution < -0.4 is 16.4 Å². The molecule has 12 heteroatoms. The predicted molar refractivity (Wildman–Crippen MR) is 130 cm³/mol. The number of nitrogens with zero attached hydrogens (tertiary/aromatic N) is 2. The molecule has 1 aromatic carbocycles. The van der Waals surface area contributed by atoms with Crippen molar-refractivity contribution in [2.45, 2.75) is 18.9 Å². The van der Waals surface area contributed by atoms with Gasteiger partial charge in [-0.25, -0.2) is 8.78 Å². The number of rotatable bonds is 6. The van der Waals surface area contributed by atoms with Crippen molar-refractivity contribution in [1.29, 1.82) is 0 Å². The number of carbonyl (C=O) groups excluding carboxylic acids is 2. The highest BCUT2D eigenvalue weighted by molar-refractivity contribution is 5.93. The first-order valence-electron chi connectivity index (χ1n) is 11.0. The van der Waals surface area contributed by atoms with E-state index in [4.69, 9.17) is 15.0 Å². The Kier molecular flexibility index (Phi) is 11.4. The first-order valence-corrected chi connectivity index (χ1v) is 11.0. The highest BCUT2D eigenvalue weighted by Gasteiger charge is 2.33. The molecule has 3 heterocycles. The molecule has 4 N–H and O–H groups in total. The monoisotopic (exact) mass is 523 g/mol. The van der Waals surface area contributed by atoms with Gasteiger partial charge in [-0.05, 0) is 43.8 Å². The molecule has 9 nitrogen and oxygen atoms in total. The Bertz CT molecular complexity index is 1130. The number of nitrogens with two attached hydrogens (primary N) is 1. The summed E-state index contributed by atoms with van der Waals surface area (Å²) < 4.78 is 36.6. The second-order valence-electron chi connectivity index (χ2n) is 7.76. The van der Waals surface area contributed by atoms with E-state index in [1.807, 2.05) is 18.2 Å². The average Bonchev–Trinajstić information content (AvgIpc) is 3.35. The number of amides is 1. The zero-order valence-corrected chi connectivity index (χ0v) is 20.4. The van der Waals surface area contributed by atoms with Crippen LogP contribution in [0.1, 0.15) is 22.6 Å². The molecule has 194 valence electrons. The van der Waals surface area contributed by atoms with E-state index in [1.54, 1.807) is 6.20 Å². The van der Waals surface area contributed by atoms with Crippen molar-refractivity contribution < 1.29 is 27.6 Å². The van der Waals surface area contributed by atoms with Gasteiger partial charge < -0.3 is 25.6 Å². The van der Waals surface area contributed by atoms with E-state index in [2.05, 4.69) is 20.8 Å². The Morgan fingerprint density at radius 2 is 2.06 bits per heavy atom. The maximum absolute atomic E-state index is 13.8. The Morgan fingerprint density at radius 3 is 2.72 bits per heavy atom. The van der Waals surface area contributed by atoms with Gasteiger partial charge in [0.1, 0.15) is 11.6 Å². The van der Waals surface area contributed by atoms with E-state index < -0.39 is 35.5 Å². The number of pyridine rings is 1. The van der Waals surface area contributed by atoms with E-state index >= 15 is 0 Å². The molecule has 2 atom stereocenters. The molecule has 1 saturated heterocycles. The number of hydrogen-bond donors (Lipinski definition) is 3. The van der Waals surface area contributed by atoms with Crippen molar-refractivity contribution in [1.82, 2.24) is 20.8 Å². The van der Waals surface area contributed by atoms with Crippen molar-refractivity contribution >= 4 is 24.3 Å². The molecule has 0 saturated carbocycles. The number of aromatic nitrogens is 2. The van der Waals surface area contributed by atoms with E-state index in [1.165, 1.54) is 19.2 Å². The largest absolute Gasteiger partial charge is 0.469 e. The molecule has 1 amide bonds. The second kappa shape index (κ2) is 14.2. The third-order valence-electron chi connectivity index (χ3n) is 5.37. The van der Waals surface area contributed by atoms with Crippen molar-refractivity contribution in [3.8, 4) is 11.3 Å². The third kappa shape index (κ3) is 7.80. The number of piperidine rings is 1. The molecule has 0 radical (unpaired) electrons. The lowest BCUT2D eigenvalue weighted by molar-refractivity contribution is -0.146. The molecule has 0 bridgehead atoms. The zero-order valence-electron chi connectivity index (χ0n) is 19.6. The summed E-state index contributed by atoms with van der Waals surface area (Å²) in [6.45, 7) is 1.71. The average molecular weight is 524 g/mol. The maximum atomic E-state index is 13.8. The number of hydrogen-bond acceptors (Lipinski definition) is 8. The lowest BCUT2D eigenvalue weighted by Gasteiger charge is -2.30. The molecule has 4 rings (SSSR count). The Balaban J connectivity index is 0.000000386. The van der Waals surface area contributed by atoms with Gasteiger partial charge in [0.15, 0.2) is 11.5 Å². The molecule has 1 aliphatic heterocycles. The Labute approximate surface area is 213 Å². The van der Waals surface area contributed by atoms with E-state index in [0.717, 1.165) is 18.2 Å². The van der Waals surface area contributed by atoms with Gasteiger partial charge in [0.25, 0.3) is 5.91 Å². The summed E-state index contributed by atoms with van der Waals surface area (Å²) in [5.41, 5.74) is 6.32. The van der Waals surface area contributed by atoms with Crippen LogP contribution in [0.15, 0.2) is 53.2 Å². The minimum atomic E-state index is -0.822.